The summed E-state index contributed by atoms with van der Waals surface area (Å²) in [4.78, 5) is 7.75. The highest BCUT2D eigenvalue weighted by molar-refractivity contribution is 5.85. The SMILES string of the molecule is CC(C)C[C@H](N)c1nc2ccccc2[nH]1.Cl. The molecule has 0 spiro atoms. The number of imidazole rings is 1. The van der Waals surface area contributed by atoms with Crippen molar-refractivity contribution in [2.45, 2.75) is 26.3 Å². The molecule has 2 rings (SSSR count). The predicted octanol–water partition coefficient (Wildman–Crippen LogP) is 3.03. The fourth-order valence-electron chi connectivity index (χ4n) is 1.77. The highest BCUT2D eigenvalue weighted by Crippen LogP contribution is 2.19. The van der Waals surface area contributed by atoms with Crippen LogP contribution in [0, 0.1) is 5.92 Å². The fraction of sp³-hybridized carbons (Fsp3) is 0.417. The van der Waals surface area contributed by atoms with Gasteiger partial charge in [0.15, 0.2) is 0 Å². The molecule has 4 heteroatoms. The molecule has 1 aromatic carbocycles. The number of nitrogens with two attached hydrogens (primary N) is 1. The molecule has 0 aliphatic rings. The van der Waals surface area contributed by atoms with Crippen molar-refractivity contribution in [1.82, 2.24) is 9.97 Å². The first-order chi connectivity index (χ1) is 7.16. The first-order valence-corrected chi connectivity index (χ1v) is 5.37. The van der Waals surface area contributed by atoms with Crippen molar-refractivity contribution >= 4 is 23.4 Å². The summed E-state index contributed by atoms with van der Waals surface area (Å²) >= 11 is 0. The van der Waals surface area contributed by atoms with Gasteiger partial charge in [0.2, 0.25) is 0 Å². The quantitative estimate of drug-likeness (QED) is 0.865. The summed E-state index contributed by atoms with van der Waals surface area (Å²) in [6.07, 6.45) is 0.958. The monoisotopic (exact) mass is 239 g/mol. The Morgan fingerprint density at radius 3 is 2.62 bits per heavy atom. The number of halogens is 1. The molecule has 3 N–H and O–H groups in total. The maximum atomic E-state index is 6.07. The Morgan fingerprint density at radius 2 is 2.00 bits per heavy atom. The first kappa shape index (κ1) is 13.0. The number of benzene rings is 1. The van der Waals surface area contributed by atoms with Gasteiger partial charge in [-0.2, -0.15) is 0 Å². The summed E-state index contributed by atoms with van der Waals surface area (Å²) in [6, 6.07) is 8.02. The van der Waals surface area contributed by atoms with Gasteiger partial charge in [-0.25, -0.2) is 4.98 Å². The molecule has 0 radical (unpaired) electrons. The maximum Gasteiger partial charge on any atom is 0.124 e. The lowest BCUT2D eigenvalue weighted by molar-refractivity contribution is 0.496. The van der Waals surface area contributed by atoms with Gasteiger partial charge in [-0.1, -0.05) is 26.0 Å². The number of hydrogen-bond acceptors (Lipinski definition) is 2. The third kappa shape index (κ3) is 2.74. The molecule has 0 bridgehead atoms. The molecule has 0 saturated heterocycles. The molecule has 0 amide bonds. The van der Waals surface area contributed by atoms with E-state index in [1.54, 1.807) is 0 Å². The zero-order valence-corrected chi connectivity index (χ0v) is 10.4. The summed E-state index contributed by atoms with van der Waals surface area (Å²) in [7, 11) is 0. The molecular formula is C12H18ClN3. The highest BCUT2D eigenvalue weighted by Gasteiger charge is 2.12. The van der Waals surface area contributed by atoms with E-state index < -0.39 is 0 Å². The minimum atomic E-state index is 0. The van der Waals surface area contributed by atoms with Gasteiger partial charge < -0.3 is 10.7 Å². The number of aromatic nitrogens is 2. The lowest BCUT2D eigenvalue weighted by atomic mass is 10.0. The van der Waals surface area contributed by atoms with E-state index in [2.05, 4.69) is 23.8 Å². The van der Waals surface area contributed by atoms with Gasteiger partial charge >= 0.3 is 0 Å². The van der Waals surface area contributed by atoms with Crippen molar-refractivity contribution in [3.05, 3.63) is 30.1 Å². The van der Waals surface area contributed by atoms with Gasteiger partial charge in [0.25, 0.3) is 0 Å². The van der Waals surface area contributed by atoms with Crippen LogP contribution in [0.25, 0.3) is 11.0 Å². The topological polar surface area (TPSA) is 54.7 Å². The number of rotatable bonds is 3. The largest absolute Gasteiger partial charge is 0.341 e. The first-order valence-electron chi connectivity index (χ1n) is 5.37. The van der Waals surface area contributed by atoms with Gasteiger partial charge in [0.1, 0.15) is 5.82 Å². The van der Waals surface area contributed by atoms with E-state index in [9.17, 15) is 0 Å². The Labute approximate surface area is 102 Å². The average molecular weight is 240 g/mol. The summed E-state index contributed by atoms with van der Waals surface area (Å²) in [5.74, 6) is 1.48. The van der Waals surface area contributed by atoms with E-state index in [4.69, 9.17) is 5.73 Å². The Bertz CT molecular complexity index is 417. The molecule has 2 aromatic rings. The standard InChI is InChI=1S/C12H17N3.ClH/c1-8(2)7-9(13)12-14-10-5-3-4-6-11(10)15-12;/h3-6,8-9H,7,13H2,1-2H3,(H,14,15);1H/t9-;/m0./s1. The summed E-state index contributed by atoms with van der Waals surface area (Å²) in [5.41, 5.74) is 8.12. The third-order valence-electron chi connectivity index (χ3n) is 2.48. The molecular weight excluding hydrogens is 222 g/mol. The number of hydrogen-bond donors (Lipinski definition) is 2. The normalized spacial score (nSPS) is 12.8. The molecule has 1 aromatic heterocycles. The predicted molar refractivity (Wildman–Crippen MR) is 69.7 cm³/mol. The van der Waals surface area contributed by atoms with E-state index in [-0.39, 0.29) is 18.4 Å². The van der Waals surface area contributed by atoms with Crippen LogP contribution in [0.5, 0.6) is 0 Å². The fourth-order valence-corrected chi connectivity index (χ4v) is 1.77. The van der Waals surface area contributed by atoms with Gasteiger partial charge in [-0.05, 0) is 24.5 Å². The van der Waals surface area contributed by atoms with E-state index in [0.29, 0.717) is 5.92 Å². The van der Waals surface area contributed by atoms with Crippen molar-refractivity contribution in [2.75, 3.05) is 0 Å². The van der Waals surface area contributed by atoms with Crippen molar-refractivity contribution in [2.24, 2.45) is 11.7 Å². The summed E-state index contributed by atoms with van der Waals surface area (Å²) < 4.78 is 0. The molecule has 16 heavy (non-hydrogen) atoms. The van der Waals surface area contributed by atoms with Crippen LogP contribution < -0.4 is 5.73 Å². The number of fused-ring (bicyclic) bond motifs is 1. The van der Waals surface area contributed by atoms with Crippen molar-refractivity contribution in [1.29, 1.82) is 0 Å². The smallest absolute Gasteiger partial charge is 0.124 e. The van der Waals surface area contributed by atoms with Gasteiger partial charge in [-0.15, -0.1) is 12.4 Å². The number of para-hydroxylation sites is 2. The van der Waals surface area contributed by atoms with E-state index in [0.717, 1.165) is 23.3 Å². The molecule has 0 fully saturated rings. The van der Waals surface area contributed by atoms with Crippen LogP contribution in [-0.2, 0) is 0 Å². The third-order valence-corrected chi connectivity index (χ3v) is 2.48. The molecule has 3 nitrogen and oxygen atoms in total. The van der Waals surface area contributed by atoms with Crippen LogP contribution in [0.1, 0.15) is 32.1 Å². The maximum absolute atomic E-state index is 6.07. The Balaban J connectivity index is 0.00000128. The minimum Gasteiger partial charge on any atom is -0.341 e. The van der Waals surface area contributed by atoms with E-state index in [1.165, 1.54) is 0 Å². The van der Waals surface area contributed by atoms with Crippen LogP contribution in [0.2, 0.25) is 0 Å². The zero-order chi connectivity index (χ0) is 10.8. The molecule has 1 atom stereocenters. The molecule has 0 aliphatic carbocycles. The van der Waals surface area contributed by atoms with Crippen LogP contribution in [0.15, 0.2) is 24.3 Å². The van der Waals surface area contributed by atoms with Crippen molar-refractivity contribution < 1.29 is 0 Å². The van der Waals surface area contributed by atoms with E-state index in [1.807, 2.05) is 24.3 Å². The molecule has 88 valence electrons. The number of nitrogens with one attached hydrogen (secondary N) is 1. The number of H-pyrrole nitrogens is 1. The molecule has 0 saturated carbocycles. The average Bonchev–Trinajstić information content (AvgIpc) is 2.59. The van der Waals surface area contributed by atoms with Gasteiger partial charge in [0.05, 0.1) is 17.1 Å². The lowest BCUT2D eigenvalue weighted by Gasteiger charge is -2.10. The second-order valence-corrected chi connectivity index (χ2v) is 4.38. The lowest BCUT2D eigenvalue weighted by Crippen LogP contribution is -2.14. The van der Waals surface area contributed by atoms with Gasteiger partial charge in [0, 0.05) is 0 Å². The van der Waals surface area contributed by atoms with Gasteiger partial charge in [-0.3, -0.25) is 0 Å². The Kier molecular flexibility index (Phi) is 4.33. The number of aromatic amines is 1. The molecule has 0 aliphatic heterocycles. The highest BCUT2D eigenvalue weighted by atomic mass is 35.5. The van der Waals surface area contributed by atoms with E-state index >= 15 is 0 Å². The van der Waals surface area contributed by atoms with Crippen molar-refractivity contribution in [3.8, 4) is 0 Å². The zero-order valence-electron chi connectivity index (χ0n) is 9.60. The molecule has 1 heterocycles. The second kappa shape index (κ2) is 5.32. The van der Waals surface area contributed by atoms with Crippen LogP contribution >= 0.6 is 12.4 Å². The Hall–Kier alpha value is -1.06. The summed E-state index contributed by atoms with van der Waals surface area (Å²) in [6.45, 7) is 4.34. The summed E-state index contributed by atoms with van der Waals surface area (Å²) in [5, 5.41) is 0. The Morgan fingerprint density at radius 1 is 1.31 bits per heavy atom. The minimum absolute atomic E-state index is 0. The number of nitrogens with zero attached hydrogens (tertiary/aromatic N) is 1. The second-order valence-electron chi connectivity index (χ2n) is 4.38. The van der Waals surface area contributed by atoms with Crippen LogP contribution in [0.4, 0.5) is 0 Å². The van der Waals surface area contributed by atoms with Crippen LogP contribution in [-0.4, -0.2) is 9.97 Å². The molecule has 0 unspecified atom stereocenters. The van der Waals surface area contributed by atoms with Crippen molar-refractivity contribution in [3.63, 3.8) is 0 Å². The van der Waals surface area contributed by atoms with Crippen LogP contribution in [0.3, 0.4) is 0 Å².